The van der Waals surface area contributed by atoms with Gasteiger partial charge < -0.3 is 15.5 Å². The molecule has 8 nitrogen and oxygen atoms in total. The molecule has 8 heteroatoms. The van der Waals surface area contributed by atoms with Gasteiger partial charge in [-0.1, -0.05) is 32.0 Å². The Morgan fingerprint density at radius 1 is 1.22 bits per heavy atom. The average Bonchev–Trinajstić information content (AvgIpc) is 3.34. The molecule has 2 fully saturated rings. The van der Waals surface area contributed by atoms with E-state index in [9.17, 15) is 14.4 Å². The highest BCUT2D eigenvalue weighted by atomic mass is 16.2. The molecule has 2 saturated heterocycles. The van der Waals surface area contributed by atoms with E-state index in [1.54, 1.807) is 24.3 Å². The number of aromatic nitrogens is 1. The zero-order valence-corrected chi connectivity index (χ0v) is 18.9. The van der Waals surface area contributed by atoms with Crippen LogP contribution in [0.1, 0.15) is 47.3 Å². The van der Waals surface area contributed by atoms with Crippen molar-refractivity contribution >= 4 is 23.7 Å². The first-order valence-corrected chi connectivity index (χ1v) is 10.9. The molecule has 2 atom stereocenters. The van der Waals surface area contributed by atoms with E-state index in [1.807, 2.05) is 38.8 Å². The molecule has 0 aliphatic carbocycles. The Kier molecular flexibility index (Phi) is 5.62. The number of amides is 4. The summed E-state index contributed by atoms with van der Waals surface area (Å²) in [4.78, 5) is 43.7. The van der Waals surface area contributed by atoms with Crippen LogP contribution in [0.5, 0.6) is 0 Å². The Balaban J connectivity index is 1.45. The third kappa shape index (κ3) is 3.81. The number of hydrogen-bond donors (Lipinski definition) is 3. The normalized spacial score (nSPS) is 22.8. The van der Waals surface area contributed by atoms with Crippen LogP contribution in [0.15, 0.2) is 36.5 Å². The van der Waals surface area contributed by atoms with Gasteiger partial charge in [0.15, 0.2) is 0 Å². The lowest BCUT2D eigenvalue weighted by molar-refractivity contribution is -0.125. The highest BCUT2D eigenvalue weighted by Gasteiger charge is 2.50. The van der Waals surface area contributed by atoms with Crippen molar-refractivity contribution in [3.8, 4) is 0 Å². The van der Waals surface area contributed by atoms with Crippen LogP contribution in [-0.4, -0.2) is 46.9 Å². The van der Waals surface area contributed by atoms with Gasteiger partial charge in [-0.3, -0.25) is 14.9 Å². The fourth-order valence-electron chi connectivity index (χ4n) is 4.59. The van der Waals surface area contributed by atoms with Gasteiger partial charge in [0.25, 0.3) is 11.8 Å². The van der Waals surface area contributed by atoms with Crippen molar-refractivity contribution in [3.63, 3.8) is 0 Å². The molecule has 0 spiro atoms. The number of urea groups is 1. The maximum Gasteiger partial charge on any atom is 0.322 e. The van der Waals surface area contributed by atoms with Crippen LogP contribution in [0.3, 0.4) is 0 Å². The van der Waals surface area contributed by atoms with Crippen LogP contribution in [0.25, 0.3) is 0 Å². The topological polar surface area (TPSA) is 103 Å². The lowest BCUT2D eigenvalue weighted by atomic mass is 9.79. The van der Waals surface area contributed by atoms with Gasteiger partial charge in [-0.25, -0.2) is 9.78 Å². The second-order valence-corrected chi connectivity index (χ2v) is 9.01. The van der Waals surface area contributed by atoms with Gasteiger partial charge in [-0.05, 0) is 55.0 Å². The van der Waals surface area contributed by atoms with Crippen LogP contribution in [-0.2, 0) is 10.3 Å². The van der Waals surface area contributed by atoms with E-state index in [0.29, 0.717) is 24.2 Å². The summed E-state index contributed by atoms with van der Waals surface area (Å²) in [7, 11) is 0. The molecule has 0 bridgehead atoms. The molecule has 0 radical (unpaired) electrons. The zero-order chi connectivity index (χ0) is 23.0. The molecule has 1 aromatic carbocycles. The van der Waals surface area contributed by atoms with E-state index in [2.05, 4.69) is 27.0 Å². The second-order valence-electron chi connectivity index (χ2n) is 9.01. The maximum absolute atomic E-state index is 13.1. The molecule has 4 rings (SSSR count). The summed E-state index contributed by atoms with van der Waals surface area (Å²) in [5.41, 5.74) is 2.30. The number of nitrogens with one attached hydrogen (secondary N) is 3. The average molecular weight is 436 g/mol. The van der Waals surface area contributed by atoms with Crippen molar-refractivity contribution in [2.24, 2.45) is 5.92 Å². The molecule has 3 heterocycles. The fraction of sp³-hybridized carbons (Fsp3) is 0.417. The SMILES string of the molecule is Cc1cnc(N[C@H]2CCN(C(=O)c3ccc([C@@]4(C(C)C)NC(=O)NC4=O)cc3)C2)c(C)c1. The van der Waals surface area contributed by atoms with Crippen LogP contribution < -0.4 is 16.0 Å². The Bertz CT molecular complexity index is 1070. The summed E-state index contributed by atoms with van der Waals surface area (Å²) in [5, 5.41) is 8.55. The minimum Gasteiger partial charge on any atom is -0.365 e. The van der Waals surface area contributed by atoms with Gasteiger partial charge in [-0.2, -0.15) is 0 Å². The van der Waals surface area contributed by atoms with Gasteiger partial charge in [-0.15, -0.1) is 0 Å². The van der Waals surface area contributed by atoms with Crippen molar-refractivity contribution in [2.75, 3.05) is 18.4 Å². The smallest absolute Gasteiger partial charge is 0.322 e. The highest BCUT2D eigenvalue weighted by Crippen LogP contribution is 2.33. The molecular weight excluding hydrogens is 406 g/mol. The van der Waals surface area contributed by atoms with E-state index in [0.717, 1.165) is 23.4 Å². The Morgan fingerprint density at radius 2 is 1.94 bits per heavy atom. The summed E-state index contributed by atoms with van der Waals surface area (Å²) in [6.07, 6.45) is 2.69. The predicted molar refractivity (Wildman–Crippen MR) is 121 cm³/mol. The molecule has 0 unspecified atom stereocenters. The lowest BCUT2D eigenvalue weighted by Gasteiger charge is -2.30. The van der Waals surface area contributed by atoms with E-state index in [1.165, 1.54) is 0 Å². The van der Waals surface area contributed by atoms with E-state index in [-0.39, 0.29) is 23.8 Å². The summed E-state index contributed by atoms with van der Waals surface area (Å²) in [5.74, 6) is 0.285. The summed E-state index contributed by atoms with van der Waals surface area (Å²) >= 11 is 0. The monoisotopic (exact) mass is 435 g/mol. The van der Waals surface area contributed by atoms with Crippen molar-refractivity contribution < 1.29 is 14.4 Å². The van der Waals surface area contributed by atoms with E-state index < -0.39 is 11.6 Å². The third-order valence-electron chi connectivity index (χ3n) is 6.38. The zero-order valence-electron chi connectivity index (χ0n) is 18.9. The molecule has 2 aliphatic heterocycles. The lowest BCUT2D eigenvalue weighted by Crippen LogP contribution is -2.48. The van der Waals surface area contributed by atoms with Crippen molar-refractivity contribution in [3.05, 3.63) is 58.8 Å². The molecule has 3 N–H and O–H groups in total. The number of pyridine rings is 1. The number of aryl methyl sites for hydroxylation is 2. The standard InChI is InChI=1S/C24H29N5O3/c1-14(2)24(22(31)27-23(32)28-24)18-7-5-17(6-8-18)21(30)29-10-9-19(13-29)26-20-16(4)11-15(3)12-25-20/h5-8,11-12,14,19H,9-10,13H2,1-4H3,(H,25,26)(H2,27,28,31,32)/t19-,24+/m0/s1. The summed E-state index contributed by atoms with van der Waals surface area (Å²) < 4.78 is 0. The molecule has 32 heavy (non-hydrogen) atoms. The number of carbonyl (C=O) groups excluding carboxylic acids is 3. The van der Waals surface area contributed by atoms with E-state index in [4.69, 9.17) is 0 Å². The fourth-order valence-corrected chi connectivity index (χ4v) is 4.59. The number of anilines is 1. The molecule has 168 valence electrons. The first-order valence-electron chi connectivity index (χ1n) is 10.9. The van der Waals surface area contributed by atoms with Crippen LogP contribution >= 0.6 is 0 Å². The maximum atomic E-state index is 13.1. The second kappa shape index (κ2) is 8.26. The Morgan fingerprint density at radius 3 is 2.53 bits per heavy atom. The molecule has 1 aromatic heterocycles. The number of imide groups is 1. The van der Waals surface area contributed by atoms with Crippen LogP contribution in [0.4, 0.5) is 10.6 Å². The minimum absolute atomic E-state index is 0.0482. The van der Waals surface area contributed by atoms with Crippen LogP contribution in [0.2, 0.25) is 0 Å². The van der Waals surface area contributed by atoms with Gasteiger partial charge in [0.1, 0.15) is 11.4 Å². The minimum atomic E-state index is -1.12. The van der Waals surface area contributed by atoms with Gasteiger partial charge in [0, 0.05) is 30.9 Å². The molecule has 2 aliphatic rings. The Hall–Kier alpha value is -3.42. The number of carbonyl (C=O) groups is 3. The van der Waals surface area contributed by atoms with E-state index >= 15 is 0 Å². The van der Waals surface area contributed by atoms with Gasteiger partial charge >= 0.3 is 6.03 Å². The van der Waals surface area contributed by atoms with Gasteiger partial charge in [0.05, 0.1) is 0 Å². The molecule has 2 aromatic rings. The summed E-state index contributed by atoms with van der Waals surface area (Å²) in [6.45, 7) is 9.07. The summed E-state index contributed by atoms with van der Waals surface area (Å²) in [6, 6.07) is 8.70. The predicted octanol–water partition coefficient (Wildman–Crippen LogP) is 2.72. The van der Waals surface area contributed by atoms with Crippen LogP contribution in [0, 0.1) is 19.8 Å². The number of benzene rings is 1. The number of rotatable bonds is 5. The first kappa shape index (κ1) is 21.8. The van der Waals surface area contributed by atoms with Gasteiger partial charge in [0.2, 0.25) is 0 Å². The number of nitrogens with zero attached hydrogens (tertiary/aromatic N) is 2. The molecule has 0 saturated carbocycles. The van der Waals surface area contributed by atoms with Crippen molar-refractivity contribution in [2.45, 2.75) is 45.7 Å². The van der Waals surface area contributed by atoms with Crippen molar-refractivity contribution in [1.82, 2.24) is 20.5 Å². The molecular formula is C24H29N5O3. The third-order valence-corrected chi connectivity index (χ3v) is 6.38. The molecule has 4 amide bonds. The number of likely N-dealkylation sites (tertiary alicyclic amines) is 1. The Labute approximate surface area is 187 Å². The van der Waals surface area contributed by atoms with Crippen molar-refractivity contribution in [1.29, 1.82) is 0 Å². The number of hydrogen-bond acceptors (Lipinski definition) is 5. The highest BCUT2D eigenvalue weighted by molar-refractivity contribution is 6.07. The first-order chi connectivity index (χ1) is 15.2. The quantitative estimate of drug-likeness (QED) is 0.627. The largest absolute Gasteiger partial charge is 0.365 e.